The van der Waals surface area contributed by atoms with Crippen molar-refractivity contribution in [2.75, 3.05) is 25.2 Å². The van der Waals surface area contributed by atoms with Gasteiger partial charge in [-0.2, -0.15) is 11.8 Å². The number of aliphatic hydroxyl groups is 1. The Bertz CT molecular complexity index is 776. The molecule has 212 valence electrons. The highest BCUT2D eigenvalue weighted by atomic mass is 32.2. The van der Waals surface area contributed by atoms with Gasteiger partial charge in [-0.05, 0) is 12.8 Å². The summed E-state index contributed by atoms with van der Waals surface area (Å²) in [6.07, 6.45) is 17.4. The Balaban J connectivity index is 2.24. The smallest absolute Gasteiger partial charge is 0.330 e. The van der Waals surface area contributed by atoms with E-state index in [1.807, 2.05) is 6.20 Å². The van der Waals surface area contributed by atoms with Crippen LogP contribution in [0.2, 0.25) is 0 Å². The number of hydrogen-bond acceptors (Lipinski definition) is 8. The molecule has 2 atom stereocenters. The Morgan fingerprint density at radius 2 is 1.62 bits per heavy atom. The van der Waals surface area contributed by atoms with Crippen molar-refractivity contribution in [1.82, 2.24) is 25.6 Å². The van der Waals surface area contributed by atoms with Gasteiger partial charge in [-0.3, -0.25) is 14.3 Å². The minimum Gasteiger partial charge on any atom is -0.467 e. The molecule has 0 spiro atoms. The second-order valence-electron chi connectivity index (χ2n) is 9.35. The lowest BCUT2D eigenvalue weighted by atomic mass is 10.0. The van der Waals surface area contributed by atoms with Crippen LogP contribution >= 0.6 is 11.8 Å². The maximum Gasteiger partial charge on any atom is 0.330 e. The fraction of sp³-hybridized carbons (Fsp3) is 0.808. The summed E-state index contributed by atoms with van der Waals surface area (Å²) < 4.78 is 6.36. The number of esters is 1. The number of hydrogen-bond donors (Lipinski definition) is 3. The molecule has 1 aromatic rings. The van der Waals surface area contributed by atoms with E-state index in [0.717, 1.165) is 18.5 Å². The molecule has 0 bridgehead atoms. The van der Waals surface area contributed by atoms with Crippen LogP contribution in [-0.2, 0) is 32.1 Å². The van der Waals surface area contributed by atoms with Gasteiger partial charge in [0.1, 0.15) is 6.04 Å². The summed E-state index contributed by atoms with van der Waals surface area (Å²) >= 11 is 1.48. The highest BCUT2D eigenvalue weighted by molar-refractivity contribution is 7.99. The van der Waals surface area contributed by atoms with Crippen molar-refractivity contribution in [3.63, 3.8) is 0 Å². The molecule has 0 aliphatic rings. The molecule has 1 heterocycles. The molecule has 1 rings (SSSR count). The molecule has 0 aliphatic carbocycles. The van der Waals surface area contributed by atoms with Gasteiger partial charge in [0.15, 0.2) is 6.04 Å². The third-order valence-electron chi connectivity index (χ3n) is 6.05. The number of carbonyl (C=O) groups excluding carboxylic acids is 3. The van der Waals surface area contributed by atoms with Crippen LogP contribution in [0.4, 0.5) is 0 Å². The van der Waals surface area contributed by atoms with E-state index < -0.39 is 30.6 Å². The molecule has 0 saturated heterocycles. The molecule has 37 heavy (non-hydrogen) atoms. The van der Waals surface area contributed by atoms with E-state index in [1.54, 1.807) is 4.68 Å². The Labute approximate surface area is 226 Å². The zero-order valence-electron chi connectivity index (χ0n) is 22.9. The molecule has 0 aromatic carbocycles. The van der Waals surface area contributed by atoms with Crippen LogP contribution in [0.15, 0.2) is 6.20 Å². The molecular formula is C26H47N5O5S. The summed E-state index contributed by atoms with van der Waals surface area (Å²) in [4.78, 5) is 35.6. The standard InChI is InChI=1S/C26H47N5O5S/c1-4-5-6-7-8-9-10-11-12-13-14-15-22-18-31(30-29-22)16-17-37-20-24(27-21(2)33)25(34)28-23(19-32)26(35)36-3/h18,23-24,32H,4-17,19-20H2,1-3H3,(H,27,33)(H,28,34). The van der Waals surface area contributed by atoms with Gasteiger partial charge in [0.2, 0.25) is 11.8 Å². The van der Waals surface area contributed by atoms with Gasteiger partial charge in [-0.25, -0.2) is 4.79 Å². The molecule has 0 saturated carbocycles. The van der Waals surface area contributed by atoms with Crippen molar-refractivity contribution in [2.45, 2.75) is 110 Å². The number of thioether (sulfide) groups is 1. The molecule has 0 radical (unpaired) electrons. The fourth-order valence-electron chi connectivity index (χ4n) is 3.91. The lowest BCUT2D eigenvalue weighted by molar-refractivity contribution is -0.146. The van der Waals surface area contributed by atoms with Crippen molar-refractivity contribution in [3.8, 4) is 0 Å². The number of unbranched alkanes of at least 4 members (excludes halogenated alkanes) is 10. The van der Waals surface area contributed by atoms with Crippen molar-refractivity contribution in [1.29, 1.82) is 0 Å². The van der Waals surface area contributed by atoms with Gasteiger partial charge in [-0.15, -0.1) is 5.10 Å². The summed E-state index contributed by atoms with van der Waals surface area (Å²) in [7, 11) is 1.17. The highest BCUT2D eigenvalue weighted by Gasteiger charge is 2.26. The summed E-state index contributed by atoms with van der Waals surface area (Å²) in [5, 5.41) is 22.8. The lowest BCUT2D eigenvalue weighted by Gasteiger charge is -2.20. The Hall–Kier alpha value is -2.14. The van der Waals surface area contributed by atoms with Crippen LogP contribution in [0.1, 0.15) is 90.2 Å². The molecule has 3 N–H and O–H groups in total. The van der Waals surface area contributed by atoms with Crippen LogP contribution in [0, 0.1) is 0 Å². The first-order chi connectivity index (χ1) is 17.9. The second kappa shape index (κ2) is 20.9. The number of ether oxygens (including phenoxy) is 1. The summed E-state index contributed by atoms with van der Waals surface area (Å²) in [5.74, 6) is -0.680. The van der Waals surface area contributed by atoms with Gasteiger partial charge in [0.25, 0.3) is 0 Å². The van der Waals surface area contributed by atoms with Crippen molar-refractivity contribution >= 4 is 29.5 Å². The van der Waals surface area contributed by atoms with E-state index >= 15 is 0 Å². The minimum atomic E-state index is -1.17. The third kappa shape index (κ3) is 15.7. The minimum absolute atomic E-state index is 0.311. The van der Waals surface area contributed by atoms with Gasteiger partial charge in [0.05, 0.1) is 26.0 Å². The zero-order chi connectivity index (χ0) is 27.3. The SMILES string of the molecule is CCCCCCCCCCCCCc1cn(CCSCC(NC(C)=O)C(=O)NC(CO)C(=O)OC)nn1. The quantitative estimate of drug-likeness (QED) is 0.151. The number of rotatable bonds is 22. The van der Waals surface area contributed by atoms with Crippen molar-refractivity contribution in [3.05, 3.63) is 11.9 Å². The average Bonchev–Trinajstić information content (AvgIpc) is 3.34. The molecule has 0 aliphatic heterocycles. The van der Waals surface area contributed by atoms with Gasteiger partial charge in [-0.1, -0.05) is 76.3 Å². The van der Waals surface area contributed by atoms with Crippen LogP contribution in [0.5, 0.6) is 0 Å². The van der Waals surface area contributed by atoms with E-state index in [-0.39, 0.29) is 5.91 Å². The first kappa shape index (κ1) is 32.9. The Morgan fingerprint density at radius 1 is 1.00 bits per heavy atom. The molecule has 11 heteroatoms. The van der Waals surface area contributed by atoms with Crippen molar-refractivity contribution < 1.29 is 24.2 Å². The number of nitrogens with zero attached hydrogens (tertiary/aromatic N) is 3. The van der Waals surface area contributed by atoms with E-state index in [0.29, 0.717) is 18.1 Å². The lowest BCUT2D eigenvalue weighted by Crippen LogP contribution is -2.53. The second-order valence-corrected chi connectivity index (χ2v) is 10.5. The normalized spacial score (nSPS) is 12.6. The number of aromatic nitrogens is 3. The van der Waals surface area contributed by atoms with Crippen LogP contribution < -0.4 is 10.6 Å². The third-order valence-corrected chi connectivity index (χ3v) is 7.09. The van der Waals surface area contributed by atoms with E-state index in [1.165, 1.54) is 90.0 Å². The van der Waals surface area contributed by atoms with Crippen molar-refractivity contribution in [2.24, 2.45) is 0 Å². The number of aryl methyl sites for hydroxylation is 2. The molecule has 2 amide bonds. The first-order valence-electron chi connectivity index (χ1n) is 13.6. The molecule has 0 fully saturated rings. The van der Waals surface area contributed by atoms with Gasteiger partial charge in [0, 0.05) is 24.6 Å². The first-order valence-corrected chi connectivity index (χ1v) is 14.8. The molecule has 2 unspecified atom stereocenters. The molecular weight excluding hydrogens is 494 g/mol. The number of nitrogens with one attached hydrogen (secondary N) is 2. The van der Waals surface area contributed by atoms with Gasteiger partial charge >= 0.3 is 5.97 Å². The Kier molecular flexibility index (Phi) is 18.5. The van der Waals surface area contributed by atoms with Crippen LogP contribution in [-0.4, -0.2) is 75.2 Å². The maximum atomic E-state index is 12.5. The summed E-state index contributed by atoms with van der Waals surface area (Å²) in [6.45, 7) is 3.61. The number of carbonyl (C=O) groups is 3. The number of aliphatic hydroxyl groups excluding tert-OH is 1. The molecule has 1 aromatic heterocycles. The number of methoxy groups -OCH3 is 1. The average molecular weight is 542 g/mol. The highest BCUT2D eigenvalue weighted by Crippen LogP contribution is 2.12. The largest absolute Gasteiger partial charge is 0.467 e. The zero-order valence-corrected chi connectivity index (χ0v) is 23.7. The van der Waals surface area contributed by atoms with Gasteiger partial charge < -0.3 is 20.5 Å². The topological polar surface area (TPSA) is 135 Å². The number of amides is 2. The van der Waals surface area contributed by atoms with E-state index in [2.05, 4.69) is 32.6 Å². The summed E-state index contributed by atoms with van der Waals surface area (Å²) in [6, 6.07) is -2.01. The molecule has 10 nitrogen and oxygen atoms in total. The predicted molar refractivity (Wildman–Crippen MR) is 146 cm³/mol. The van der Waals surface area contributed by atoms with E-state index in [4.69, 9.17) is 0 Å². The van der Waals surface area contributed by atoms with Crippen LogP contribution in [0.3, 0.4) is 0 Å². The monoisotopic (exact) mass is 541 g/mol. The fourth-order valence-corrected chi connectivity index (χ4v) is 4.87. The summed E-state index contributed by atoms with van der Waals surface area (Å²) in [5.41, 5.74) is 0.995. The van der Waals surface area contributed by atoms with Crippen LogP contribution in [0.25, 0.3) is 0 Å². The van der Waals surface area contributed by atoms with E-state index in [9.17, 15) is 19.5 Å². The predicted octanol–water partition coefficient (Wildman–Crippen LogP) is 3.02. The Morgan fingerprint density at radius 3 is 2.19 bits per heavy atom. The maximum absolute atomic E-state index is 12.5.